The highest BCUT2D eigenvalue weighted by Gasteiger charge is 2.32. The first-order valence-corrected chi connectivity index (χ1v) is 9.55. The van der Waals surface area contributed by atoms with Gasteiger partial charge in [0, 0.05) is 31.2 Å². The van der Waals surface area contributed by atoms with Crippen LogP contribution in [0.15, 0.2) is 23.1 Å². The molecule has 1 fully saturated rings. The van der Waals surface area contributed by atoms with Crippen LogP contribution in [0.25, 0.3) is 0 Å². The van der Waals surface area contributed by atoms with E-state index in [0.29, 0.717) is 24.4 Å². The molecule has 126 valence electrons. The molecule has 0 unspecified atom stereocenters. The Balaban J connectivity index is 1.79. The largest absolute Gasteiger partial charge is 0.326 e. The number of aryl methyl sites for hydroxylation is 1. The average Bonchev–Trinajstić information content (AvgIpc) is 2.86. The number of fused-ring (bicyclic) bond motifs is 1. The summed E-state index contributed by atoms with van der Waals surface area (Å²) in [4.78, 5) is 13.9. The monoisotopic (exact) mass is 337 g/mol. The number of benzene rings is 1. The molecule has 1 aromatic rings. The van der Waals surface area contributed by atoms with Crippen LogP contribution in [0.2, 0.25) is 0 Å². The van der Waals surface area contributed by atoms with Crippen molar-refractivity contribution in [2.75, 3.05) is 25.0 Å². The summed E-state index contributed by atoms with van der Waals surface area (Å²) < 4.78 is 28.2. The van der Waals surface area contributed by atoms with E-state index >= 15 is 0 Å². The van der Waals surface area contributed by atoms with Crippen molar-refractivity contribution in [3.63, 3.8) is 0 Å². The lowest BCUT2D eigenvalue weighted by Gasteiger charge is -2.20. The molecule has 7 heteroatoms. The second-order valence-electron chi connectivity index (χ2n) is 6.42. The first-order chi connectivity index (χ1) is 10.9. The second kappa shape index (κ2) is 6.22. The van der Waals surface area contributed by atoms with Gasteiger partial charge in [-0.05, 0) is 42.6 Å². The molecule has 0 aliphatic carbocycles. The Labute approximate surface area is 137 Å². The van der Waals surface area contributed by atoms with E-state index in [1.165, 1.54) is 0 Å². The molecular weight excluding hydrogens is 314 g/mol. The first-order valence-electron chi connectivity index (χ1n) is 8.06. The van der Waals surface area contributed by atoms with Gasteiger partial charge in [0.25, 0.3) is 0 Å². The molecule has 2 aliphatic rings. The third-order valence-electron chi connectivity index (χ3n) is 4.72. The summed E-state index contributed by atoms with van der Waals surface area (Å²) in [5.74, 6) is 0.271. The van der Waals surface area contributed by atoms with E-state index in [9.17, 15) is 13.2 Å². The lowest BCUT2D eigenvalue weighted by Crippen LogP contribution is -2.39. The molecule has 2 atom stereocenters. The molecule has 1 aromatic carbocycles. The maximum absolute atomic E-state index is 12.7. The highest BCUT2D eigenvalue weighted by molar-refractivity contribution is 7.89. The number of anilines is 1. The zero-order valence-corrected chi connectivity index (χ0v) is 14.3. The smallest absolute Gasteiger partial charge is 0.240 e. The van der Waals surface area contributed by atoms with Crippen molar-refractivity contribution in [2.24, 2.45) is 5.92 Å². The lowest BCUT2D eigenvalue weighted by molar-refractivity contribution is -0.116. The number of hydrogen-bond acceptors (Lipinski definition) is 4. The summed E-state index contributed by atoms with van der Waals surface area (Å²) in [7, 11) is -3.54. The van der Waals surface area contributed by atoms with Gasteiger partial charge in [0.15, 0.2) is 0 Å². The van der Waals surface area contributed by atoms with E-state index in [2.05, 4.69) is 28.8 Å². The van der Waals surface area contributed by atoms with Crippen LogP contribution in [0.5, 0.6) is 0 Å². The SMILES string of the molecule is CCN1C[C@H](NS(=O)(=O)c2ccc3c(c2)CCC(=O)N3)[C@@H](C)C1. The Bertz CT molecular complexity index is 717. The predicted octanol–water partition coefficient (Wildman–Crippen LogP) is 1.19. The topological polar surface area (TPSA) is 78.5 Å². The minimum atomic E-state index is -3.54. The number of nitrogens with one attached hydrogen (secondary N) is 2. The highest BCUT2D eigenvalue weighted by Crippen LogP contribution is 2.26. The number of sulfonamides is 1. The molecule has 3 rings (SSSR count). The molecule has 0 radical (unpaired) electrons. The molecule has 2 aliphatic heterocycles. The van der Waals surface area contributed by atoms with Gasteiger partial charge >= 0.3 is 0 Å². The third kappa shape index (κ3) is 3.41. The maximum Gasteiger partial charge on any atom is 0.240 e. The molecule has 0 aromatic heterocycles. The van der Waals surface area contributed by atoms with Crippen molar-refractivity contribution < 1.29 is 13.2 Å². The summed E-state index contributed by atoms with van der Waals surface area (Å²) in [6, 6.07) is 4.85. The minimum absolute atomic E-state index is 0.0225. The van der Waals surface area contributed by atoms with Gasteiger partial charge < -0.3 is 10.2 Å². The summed E-state index contributed by atoms with van der Waals surface area (Å²) in [5, 5.41) is 2.77. The fourth-order valence-electron chi connectivity index (χ4n) is 3.27. The molecular formula is C16H23N3O3S. The normalized spacial score (nSPS) is 25.2. The Kier molecular flexibility index (Phi) is 4.44. The molecule has 2 heterocycles. The lowest BCUT2D eigenvalue weighted by atomic mass is 10.0. The van der Waals surface area contributed by atoms with Gasteiger partial charge in [0.1, 0.15) is 0 Å². The van der Waals surface area contributed by atoms with E-state index in [-0.39, 0.29) is 16.8 Å². The van der Waals surface area contributed by atoms with Crippen molar-refractivity contribution in [1.82, 2.24) is 9.62 Å². The summed E-state index contributed by atoms with van der Waals surface area (Å²) in [5.41, 5.74) is 1.59. The van der Waals surface area contributed by atoms with E-state index in [4.69, 9.17) is 0 Å². The molecule has 0 spiro atoms. The van der Waals surface area contributed by atoms with Crippen LogP contribution in [-0.2, 0) is 21.2 Å². The van der Waals surface area contributed by atoms with Crippen LogP contribution < -0.4 is 10.0 Å². The van der Waals surface area contributed by atoms with Gasteiger partial charge in [-0.15, -0.1) is 0 Å². The fraction of sp³-hybridized carbons (Fsp3) is 0.562. The molecule has 0 saturated carbocycles. The Morgan fingerprint density at radius 1 is 1.30 bits per heavy atom. The van der Waals surface area contributed by atoms with Crippen LogP contribution in [0, 0.1) is 5.92 Å². The highest BCUT2D eigenvalue weighted by atomic mass is 32.2. The van der Waals surface area contributed by atoms with Crippen molar-refractivity contribution in [2.45, 2.75) is 37.6 Å². The third-order valence-corrected chi connectivity index (χ3v) is 6.21. The van der Waals surface area contributed by atoms with Gasteiger partial charge in [0.05, 0.1) is 4.90 Å². The quantitative estimate of drug-likeness (QED) is 0.865. The number of hydrogen-bond donors (Lipinski definition) is 2. The maximum atomic E-state index is 12.7. The number of amides is 1. The number of likely N-dealkylation sites (N-methyl/N-ethyl adjacent to an activating group) is 1. The van der Waals surface area contributed by atoms with Gasteiger partial charge in [0.2, 0.25) is 15.9 Å². The van der Waals surface area contributed by atoms with E-state index in [0.717, 1.165) is 25.2 Å². The molecule has 1 saturated heterocycles. The summed E-state index contributed by atoms with van der Waals surface area (Å²) in [6.07, 6.45) is 0.975. The van der Waals surface area contributed by atoms with Crippen molar-refractivity contribution >= 4 is 21.6 Å². The van der Waals surface area contributed by atoms with Crippen LogP contribution in [0.4, 0.5) is 5.69 Å². The van der Waals surface area contributed by atoms with Crippen LogP contribution in [0.1, 0.15) is 25.8 Å². The molecule has 0 bridgehead atoms. The molecule has 23 heavy (non-hydrogen) atoms. The average molecular weight is 337 g/mol. The first kappa shape index (κ1) is 16.4. The van der Waals surface area contributed by atoms with Crippen LogP contribution in [-0.4, -0.2) is 44.9 Å². The number of nitrogens with zero attached hydrogens (tertiary/aromatic N) is 1. The van der Waals surface area contributed by atoms with E-state index in [1.54, 1.807) is 18.2 Å². The van der Waals surface area contributed by atoms with Gasteiger partial charge in [-0.2, -0.15) is 0 Å². The van der Waals surface area contributed by atoms with Gasteiger partial charge in [-0.25, -0.2) is 13.1 Å². The Morgan fingerprint density at radius 3 is 2.78 bits per heavy atom. The number of carbonyl (C=O) groups is 1. The molecule has 2 N–H and O–H groups in total. The number of likely N-dealkylation sites (tertiary alicyclic amines) is 1. The molecule has 1 amide bonds. The second-order valence-corrected chi connectivity index (χ2v) is 8.14. The van der Waals surface area contributed by atoms with Crippen LogP contribution >= 0.6 is 0 Å². The fourth-order valence-corrected chi connectivity index (χ4v) is 4.66. The van der Waals surface area contributed by atoms with Crippen molar-refractivity contribution in [1.29, 1.82) is 0 Å². The van der Waals surface area contributed by atoms with Gasteiger partial charge in [-0.3, -0.25) is 4.79 Å². The number of rotatable bonds is 4. The minimum Gasteiger partial charge on any atom is -0.326 e. The molecule has 6 nitrogen and oxygen atoms in total. The zero-order chi connectivity index (χ0) is 16.6. The Morgan fingerprint density at radius 2 is 2.09 bits per heavy atom. The zero-order valence-electron chi connectivity index (χ0n) is 13.5. The van der Waals surface area contributed by atoms with Crippen LogP contribution in [0.3, 0.4) is 0 Å². The van der Waals surface area contributed by atoms with Crippen molar-refractivity contribution in [3.8, 4) is 0 Å². The summed E-state index contributed by atoms with van der Waals surface area (Å²) in [6.45, 7) is 6.76. The van der Waals surface area contributed by atoms with Crippen molar-refractivity contribution in [3.05, 3.63) is 23.8 Å². The standard InChI is InChI=1S/C16H23N3O3S/c1-3-19-9-11(2)15(10-19)18-23(21,22)13-5-6-14-12(8-13)4-7-16(20)17-14/h5-6,8,11,15,18H,3-4,7,9-10H2,1-2H3,(H,17,20)/t11-,15-/m0/s1. The summed E-state index contributed by atoms with van der Waals surface area (Å²) >= 11 is 0. The van der Waals surface area contributed by atoms with E-state index in [1.807, 2.05) is 0 Å². The Hall–Kier alpha value is -1.44. The van der Waals surface area contributed by atoms with Gasteiger partial charge in [-0.1, -0.05) is 13.8 Å². The number of carbonyl (C=O) groups excluding carboxylic acids is 1. The van der Waals surface area contributed by atoms with E-state index < -0.39 is 10.0 Å². The predicted molar refractivity (Wildman–Crippen MR) is 88.8 cm³/mol.